The van der Waals surface area contributed by atoms with Crippen LogP contribution in [0.5, 0.6) is 0 Å². The van der Waals surface area contributed by atoms with Gasteiger partial charge < -0.3 is 4.74 Å². The van der Waals surface area contributed by atoms with Gasteiger partial charge in [0.05, 0.1) is 5.60 Å². The highest BCUT2D eigenvalue weighted by Crippen LogP contribution is 2.39. The monoisotopic (exact) mass is 142 g/mol. The van der Waals surface area contributed by atoms with Gasteiger partial charge in [-0.25, -0.2) is 0 Å². The Bertz CT molecular complexity index is 111. The van der Waals surface area contributed by atoms with E-state index in [1.165, 1.54) is 25.7 Å². The Hall–Kier alpha value is -0.0400. The molecule has 1 unspecified atom stereocenters. The fourth-order valence-corrected chi connectivity index (χ4v) is 2.11. The van der Waals surface area contributed by atoms with E-state index in [1.807, 2.05) is 7.11 Å². The Kier molecular flexibility index (Phi) is 2.35. The molecule has 0 aliphatic heterocycles. The van der Waals surface area contributed by atoms with Gasteiger partial charge >= 0.3 is 0 Å². The summed E-state index contributed by atoms with van der Waals surface area (Å²) in [5.41, 5.74) is 0.203. The van der Waals surface area contributed by atoms with Crippen LogP contribution in [-0.4, -0.2) is 12.7 Å². The third-order valence-corrected chi connectivity index (χ3v) is 3.05. The Morgan fingerprint density at radius 2 is 2.30 bits per heavy atom. The summed E-state index contributed by atoms with van der Waals surface area (Å²) in [5.74, 6) is 0.803. The van der Waals surface area contributed by atoms with Gasteiger partial charge in [-0.2, -0.15) is 0 Å². The molecule has 0 aromatic heterocycles. The van der Waals surface area contributed by atoms with Crippen LogP contribution in [0, 0.1) is 5.92 Å². The van der Waals surface area contributed by atoms with E-state index < -0.39 is 0 Å². The van der Waals surface area contributed by atoms with Gasteiger partial charge in [0, 0.05) is 7.11 Å². The van der Waals surface area contributed by atoms with E-state index in [2.05, 4.69) is 13.8 Å². The summed E-state index contributed by atoms with van der Waals surface area (Å²) in [6, 6.07) is 0. The predicted octanol–water partition coefficient (Wildman–Crippen LogP) is 2.60. The quantitative estimate of drug-likeness (QED) is 0.576. The lowest BCUT2D eigenvalue weighted by Gasteiger charge is -2.29. The topological polar surface area (TPSA) is 9.23 Å². The predicted molar refractivity (Wildman–Crippen MR) is 43.0 cm³/mol. The Morgan fingerprint density at radius 1 is 1.60 bits per heavy atom. The number of hydrogen-bond donors (Lipinski definition) is 0. The smallest absolute Gasteiger partial charge is 0.0678 e. The minimum absolute atomic E-state index is 0.203. The minimum atomic E-state index is 0.203. The van der Waals surface area contributed by atoms with Gasteiger partial charge in [0.25, 0.3) is 0 Å². The molecule has 0 aromatic carbocycles. The van der Waals surface area contributed by atoms with Gasteiger partial charge in [-0.05, 0) is 25.7 Å². The van der Waals surface area contributed by atoms with Gasteiger partial charge in [0.15, 0.2) is 0 Å². The zero-order chi connectivity index (χ0) is 7.61. The summed E-state index contributed by atoms with van der Waals surface area (Å²) < 4.78 is 5.50. The van der Waals surface area contributed by atoms with Crippen LogP contribution in [-0.2, 0) is 4.74 Å². The molecule has 0 spiro atoms. The van der Waals surface area contributed by atoms with Crippen LogP contribution >= 0.6 is 0 Å². The zero-order valence-corrected chi connectivity index (χ0v) is 7.31. The van der Waals surface area contributed by atoms with Crippen molar-refractivity contribution in [2.45, 2.75) is 45.1 Å². The maximum Gasteiger partial charge on any atom is 0.0678 e. The van der Waals surface area contributed by atoms with Gasteiger partial charge in [-0.1, -0.05) is 19.8 Å². The molecular formula is C9H18O. The minimum Gasteiger partial charge on any atom is -0.378 e. The first-order chi connectivity index (χ1) is 4.73. The van der Waals surface area contributed by atoms with Crippen molar-refractivity contribution in [3.63, 3.8) is 0 Å². The second-order valence-corrected chi connectivity index (χ2v) is 3.51. The molecule has 0 saturated heterocycles. The van der Waals surface area contributed by atoms with E-state index in [4.69, 9.17) is 4.74 Å². The van der Waals surface area contributed by atoms with Crippen LogP contribution in [0.1, 0.15) is 39.5 Å². The zero-order valence-electron chi connectivity index (χ0n) is 7.31. The van der Waals surface area contributed by atoms with Crippen molar-refractivity contribution < 1.29 is 4.74 Å². The summed E-state index contributed by atoms with van der Waals surface area (Å²) in [7, 11) is 1.84. The lowest BCUT2D eigenvalue weighted by molar-refractivity contribution is -0.0263. The van der Waals surface area contributed by atoms with E-state index in [9.17, 15) is 0 Å². The molecule has 60 valence electrons. The van der Waals surface area contributed by atoms with Gasteiger partial charge in [-0.3, -0.25) is 0 Å². The molecule has 1 fully saturated rings. The summed E-state index contributed by atoms with van der Waals surface area (Å²) >= 11 is 0. The van der Waals surface area contributed by atoms with Gasteiger partial charge in [0.1, 0.15) is 0 Å². The normalized spacial score (nSPS) is 40.5. The number of hydrogen-bond acceptors (Lipinski definition) is 1. The molecule has 1 rings (SSSR count). The Morgan fingerprint density at radius 3 is 2.70 bits per heavy atom. The maximum absolute atomic E-state index is 5.50. The van der Waals surface area contributed by atoms with Crippen LogP contribution in [0.4, 0.5) is 0 Å². The van der Waals surface area contributed by atoms with Crippen LogP contribution in [0.2, 0.25) is 0 Å². The SMILES string of the molecule is CCC1CCC[C@]1(C)OC. The van der Waals surface area contributed by atoms with Crippen LogP contribution in [0.15, 0.2) is 0 Å². The molecule has 1 aliphatic rings. The average molecular weight is 142 g/mol. The Labute approximate surface area is 63.8 Å². The second kappa shape index (κ2) is 2.91. The molecule has 0 aromatic rings. The molecular weight excluding hydrogens is 124 g/mol. The van der Waals surface area contributed by atoms with E-state index >= 15 is 0 Å². The first kappa shape index (κ1) is 8.06. The number of ether oxygens (including phenoxy) is 1. The highest BCUT2D eigenvalue weighted by Gasteiger charge is 2.37. The van der Waals surface area contributed by atoms with E-state index in [0.717, 1.165) is 5.92 Å². The van der Waals surface area contributed by atoms with Crippen molar-refractivity contribution >= 4 is 0 Å². The van der Waals surface area contributed by atoms with Crippen molar-refractivity contribution in [2.75, 3.05) is 7.11 Å². The number of methoxy groups -OCH3 is 1. The second-order valence-electron chi connectivity index (χ2n) is 3.51. The largest absolute Gasteiger partial charge is 0.378 e. The molecule has 0 amide bonds. The van der Waals surface area contributed by atoms with Crippen molar-refractivity contribution in [3.05, 3.63) is 0 Å². The van der Waals surface area contributed by atoms with E-state index in [1.54, 1.807) is 0 Å². The lowest BCUT2D eigenvalue weighted by atomic mass is 9.90. The van der Waals surface area contributed by atoms with E-state index in [-0.39, 0.29) is 5.60 Å². The fourth-order valence-electron chi connectivity index (χ4n) is 2.11. The third kappa shape index (κ3) is 1.20. The van der Waals surface area contributed by atoms with Gasteiger partial charge in [-0.15, -0.1) is 0 Å². The highest BCUT2D eigenvalue weighted by atomic mass is 16.5. The molecule has 1 saturated carbocycles. The first-order valence-electron chi connectivity index (χ1n) is 4.28. The molecule has 1 heteroatoms. The van der Waals surface area contributed by atoms with Gasteiger partial charge in [0.2, 0.25) is 0 Å². The summed E-state index contributed by atoms with van der Waals surface area (Å²) in [5, 5.41) is 0. The highest BCUT2D eigenvalue weighted by molar-refractivity contribution is 4.88. The lowest BCUT2D eigenvalue weighted by Crippen LogP contribution is -2.31. The average Bonchev–Trinajstić information content (AvgIpc) is 2.32. The van der Waals surface area contributed by atoms with Crippen LogP contribution in [0.25, 0.3) is 0 Å². The van der Waals surface area contributed by atoms with Crippen molar-refractivity contribution in [3.8, 4) is 0 Å². The Balaban J connectivity index is 2.56. The first-order valence-corrected chi connectivity index (χ1v) is 4.28. The molecule has 10 heavy (non-hydrogen) atoms. The molecule has 1 aliphatic carbocycles. The van der Waals surface area contributed by atoms with Crippen molar-refractivity contribution in [1.82, 2.24) is 0 Å². The van der Waals surface area contributed by atoms with Crippen LogP contribution < -0.4 is 0 Å². The summed E-state index contributed by atoms with van der Waals surface area (Å²) in [6.45, 7) is 4.50. The molecule has 2 atom stereocenters. The fraction of sp³-hybridized carbons (Fsp3) is 1.00. The molecule has 0 N–H and O–H groups in total. The van der Waals surface area contributed by atoms with E-state index in [0.29, 0.717) is 0 Å². The molecule has 0 bridgehead atoms. The molecule has 1 nitrogen and oxygen atoms in total. The van der Waals surface area contributed by atoms with Crippen molar-refractivity contribution in [2.24, 2.45) is 5.92 Å². The molecule has 0 radical (unpaired) electrons. The number of rotatable bonds is 2. The summed E-state index contributed by atoms with van der Waals surface area (Å²) in [6.07, 6.45) is 5.23. The third-order valence-electron chi connectivity index (χ3n) is 3.05. The molecule has 0 heterocycles. The summed E-state index contributed by atoms with van der Waals surface area (Å²) in [4.78, 5) is 0. The van der Waals surface area contributed by atoms with Crippen molar-refractivity contribution in [1.29, 1.82) is 0 Å². The van der Waals surface area contributed by atoms with Crippen LogP contribution in [0.3, 0.4) is 0 Å². The standard InChI is InChI=1S/C9H18O/c1-4-8-6-5-7-9(8,2)10-3/h8H,4-7H2,1-3H3/t8?,9-/m0/s1. The maximum atomic E-state index is 5.50.